The van der Waals surface area contributed by atoms with Crippen LogP contribution in [0, 0.1) is 11.6 Å². The lowest BCUT2D eigenvalue weighted by molar-refractivity contribution is 0.101. The molecule has 0 saturated carbocycles. The molecule has 0 spiro atoms. The summed E-state index contributed by atoms with van der Waals surface area (Å²) in [6.07, 6.45) is 0. The van der Waals surface area contributed by atoms with Gasteiger partial charge in [0.15, 0.2) is 17.3 Å². The molecule has 6 heteroatoms. The molecular weight excluding hydrogens is 354 g/mol. The van der Waals surface area contributed by atoms with Gasteiger partial charge in [-0.25, -0.2) is 4.39 Å². The molecule has 0 radical (unpaired) electrons. The molecule has 2 rings (SSSR count). The van der Waals surface area contributed by atoms with Gasteiger partial charge >= 0.3 is 0 Å². The molecule has 20 heavy (non-hydrogen) atoms. The molecule has 0 aliphatic rings. The Kier molecular flexibility index (Phi) is 4.40. The quantitative estimate of drug-likeness (QED) is 0.542. The molecule has 2 aromatic carbocycles. The van der Waals surface area contributed by atoms with E-state index in [-0.39, 0.29) is 22.3 Å². The average Bonchev–Trinajstić information content (AvgIpc) is 2.35. The predicted molar refractivity (Wildman–Crippen MR) is 75.6 cm³/mol. The Labute approximate surface area is 127 Å². The number of Topliss-reactive ketones (excluding diaryl/α,β-unsaturated/α-hetero) is 1. The zero-order valence-corrected chi connectivity index (χ0v) is 12.6. The summed E-state index contributed by atoms with van der Waals surface area (Å²) in [4.78, 5) is 11.2. The van der Waals surface area contributed by atoms with Crippen LogP contribution < -0.4 is 4.74 Å². The zero-order chi connectivity index (χ0) is 14.9. The minimum atomic E-state index is -1.10. The molecule has 0 saturated heterocycles. The molecule has 0 unspecified atom stereocenters. The number of ether oxygens (including phenoxy) is 1. The van der Waals surface area contributed by atoms with Gasteiger partial charge in [-0.2, -0.15) is 4.39 Å². The van der Waals surface area contributed by atoms with Gasteiger partial charge in [-0.3, -0.25) is 4.79 Å². The third-order valence-corrected chi connectivity index (χ3v) is 3.28. The van der Waals surface area contributed by atoms with E-state index in [1.54, 1.807) is 0 Å². The third kappa shape index (κ3) is 3.16. The molecular formula is C14H8BrClF2O2. The maximum atomic E-state index is 13.6. The molecule has 2 aromatic rings. The van der Waals surface area contributed by atoms with Gasteiger partial charge in [-0.05, 0) is 31.2 Å². The van der Waals surface area contributed by atoms with Crippen LogP contribution in [0.2, 0.25) is 5.02 Å². The number of rotatable bonds is 3. The fraction of sp³-hybridized carbons (Fsp3) is 0.0714. The van der Waals surface area contributed by atoms with Crippen LogP contribution in [0.5, 0.6) is 11.5 Å². The highest BCUT2D eigenvalue weighted by Crippen LogP contribution is 2.31. The van der Waals surface area contributed by atoms with Crippen LogP contribution in [0.3, 0.4) is 0 Å². The number of hydrogen-bond acceptors (Lipinski definition) is 2. The molecule has 0 bridgehead atoms. The second-order valence-electron chi connectivity index (χ2n) is 4.00. The van der Waals surface area contributed by atoms with Crippen molar-refractivity contribution in [3.63, 3.8) is 0 Å². The van der Waals surface area contributed by atoms with Gasteiger partial charge in [0.1, 0.15) is 5.75 Å². The third-order valence-electron chi connectivity index (χ3n) is 2.51. The number of carbonyl (C=O) groups is 1. The van der Waals surface area contributed by atoms with Crippen LogP contribution in [-0.2, 0) is 0 Å². The molecule has 0 N–H and O–H groups in total. The topological polar surface area (TPSA) is 26.3 Å². The van der Waals surface area contributed by atoms with Gasteiger partial charge < -0.3 is 4.74 Å². The number of hydrogen-bond donors (Lipinski definition) is 0. The first-order valence-electron chi connectivity index (χ1n) is 5.51. The molecule has 2 nitrogen and oxygen atoms in total. The molecule has 0 atom stereocenters. The first-order valence-corrected chi connectivity index (χ1v) is 6.68. The monoisotopic (exact) mass is 360 g/mol. The predicted octanol–water partition coefficient (Wildman–Crippen LogP) is 5.38. The molecule has 0 aliphatic carbocycles. The van der Waals surface area contributed by atoms with Crippen molar-refractivity contribution in [1.82, 2.24) is 0 Å². The zero-order valence-electron chi connectivity index (χ0n) is 10.2. The van der Waals surface area contributed by atoms with E-state index in [0.717, 1.165) is 6.07 Å². The van der Waals surface area contributed by atoms with Crippen LogP contribution in [0.4, 0.5) is 8.78 Å². The minimum Gasteiger partial charge on any atom is -0.454 e. The minimum absolute atomic E-state index is 0.186. The van der Waals surface area contributed by atoms with Gasteiger partial charge in [0, 0.05) is 16.1 Å². The molecule has 0 amide bonds. The molecule has 0 heterocycles. The molecule has 0 aliphatic heterocycles. The summed E-state index contributed by atoms with van der Waals surface area (Å²) >= 11 is 8.96. The van der Waals surface area contributed by atoms with E-state index in [1.807, 2.05) is 0 Å². The summed E-state index contributed by atoms with van der Waals surface area (Å²) in [5, 5.41) is 0.186. The van der Waals surface area contributed by atoms with Gasteiger partial charge in [-0.1, -0.05) is 27.5 Å². The lowest BCUT2D eigenvalue weighted by Gasteiger charge is -2.09. The van der Waals surface area contributed by atoms with Gasteiger partial charge in [-0.15, -0.1) is 0 Å². The van der Waals surface area contributed by atoms with Crippen LogP contribution in [0.1, 0.15) is 17.3 Å². The summed E-state index contributed by atoms with van der Waals surface area (Å²) in [5.41, 5.74) is 0.333. The van der Waals surface area contributed by atoms with E-state index in [1.165, 1.54) is 31.2 Å². The number of carbonyl (C=O) groups excluding carboxylic acids is 1. The van der Waals surface area contributed by atoms with Crippen LogP contribution in [0.25, 0.3) is 0 Å². The van der Waals surface area contributed by atoms with Crippen molar-refractivity contribution >= 4 is 33.3 Å². The van der Waals surface area contributed by atoms with Crippen molar-refractivity contribution in [3.8, 4) is 11.5 Å². The van der Waals surface area contributed by atoms with Crippen molar-refractivity contribution < 1.29 is 18.3 Å². The Hall–Kier alpha value is -1.46. The van der Waals surface area contributed by atoms with E-state index in [4.69, 9.17) is 16.3 Å². The Balaban J connectivity index is 2.36. The Morgan fingerprint density at radius 3 is 2.55 bits per heavy atom. The largest absolute Gasteiger partial charge is 0.454 e. The van der Waals surface area contributed by atoms with E-state index in [9.17, 15) is 13.6 Å². The van der Waals surface area contributed by atoms with Crippen molar-refractivity contribution in [2.45, 2.75) is 6.92 Å². The lowest BCUT2D eigenvalue weighted by atomic mass is 10.1. The van der Waals surface area contributed by atoms with Crippen molar-refractivity contribution in [2.24, 2.45) is 0 Å². The van der Waals surface area contributed by atoms with E-state index < -0.39 is 11.6 Å². The highest BCUT2D eigenvalue weighted by molar-refractivity contribution is 9.10. The highest BCUT2D eigenvalue weighted by Gasteiger charge is 2.13. The second kappa shape index (κ2) is 5.89. The van der Waals surface area contributed by atoms with Gasteiger partial charge in [0.25, 0.3) is 0 Å². The number of benzene rings is 2. The maximum Gasteiger partial charge on any atom is 0.201 e. The average molecular weight is 362 g/mol. The van der Waals surface area contributed by atoms with Crippen molar-refractivity contribution in [3.05, 3.63) is 57.0 Å². The van der Waals surface area contributed by atoms with Crippen LogP contribution >= 0.6 is 27.5 Å². The standard InChI is InChI=1S/C14H8BrClF2O2/c1-7(19)10-3-2-9(6-11(10)16)20-13-5-8(15)4-12(17)14(13)18/h2-6H,1H3. The van der Waals surface area contributed by atoms with E-state index in [2.05, 4.69) is 15.9 Å². The summed E-state index contributed by atoms with van der Waals surface area (Å²) in [6.45, 7) is 1.38. The SMILES string of the molecule is CC(=O)c1ccc(Oc2cc(Br)cc(F)c2F)cc1Cl. The highest BCUT2D eigenvalue weighted by atomic mass is 79.9. The first-order chi connectivity index (χ1) is 9.38. The van der Waals surface area contributed by atoms with Crippen LogP contribution in [0.15, 0.2) is 34.8 Å². The Morgan fingerprint density at radius 2 is 1.95 bits per heavy atom. The summed E-state index contributed by atoms with van der Waals surface area (Å²) in [5.74, 6) is -2.39. The van der Waals surface area contributed by atoms with Crippen LogP contribution in [-0.4, -0.2) is 5.78 Å². The fourth-order valence-electron chi connectivity index (χ4n) is 1.58. The van der Waals surface area contributed by atoms with E-state index in [0.29, 0.717) is 10.0 Å². The van der Waals surface area contributed by atoms with Crippen molar-refractivity contribution in [2.75, 3.05) is 0 Å². The fourth-order valence-corrected chi connectivity index (χ4v) is 2.29. The smallest absolute Gasteiger partial charge is 0.201 e. The molecule has 0 fully saturated rings. The first kappa shape index (κ1) is 14.9. The number of ketones is 1. The second-order valence-corrected chi connectivity index (χ2v) is 5.32. The van der Waals surface area contributed by atoms with Crippen molar-refractivity contribution in [1.29, 1.82) is 0 Å². The Bertz CT molecular complexity index is 689. The summed E-state index contributed by atoms with van der Waals surface area (Å²) in [6, 6.07) is 6.59. The lowest BCUT2D eigenvalue weighted by Crippen LogP contribution is -1.95. The van der Waals surface area contributed by atoms with Gasteiger partial charge in [0.05, 0.1) is 5.02 Å². The summed E-state index contributed by atoms with van der Waals surface area (Å²) in [7, 11) is 0. The van der Waals surface area contributed by atoms with E-state index >= 15 is 0 Å². The molecule has 0 aromatic heterocycles. The van der Waals surface area contributed by atoms with Gasteiger partial charge in [0.2, 0.25) is 5.82 Å². The maximum absolute atomic E-state index is 13.6. The normalized spacial score (nSPS) is 10.4. The molecule has 104 valence electrons. The summed E-state index contributed by atoms with van der Waals surface area (Å²) < 4.78 is 32.4. The number of halogens is 4. The Morgan fingerprint density at radius 1 is 1.25 bits per heavy atom.